The minimum absolute atomic E-state index is 0.0660. The molecule has 0 aliphatic heterocycles. The molecule has 0 radical (unpaired) electrons. The lowest BCUT2D eigenvalue weighted by atomic mass is 10.2. The van der Waals surface area contributed by atoms with Crippen molar-refractivity contribution >= 4 is 17.5 Å². The van der Waals surface area contributed by atoms with Crippen LogP contribution in [0.4, 0.5) is 0 Å². The third-order valence-corrected chi connectivity index (χ3v) is 2.27. The number of carbonyl (C=O) groups excluding carboxylic acids is 1. The third kappa shape index (κ3) is 4.32. The van der Waals surface area contributed by atoms with Crippen LogP contribution in [0.5, 0.6) is 0 Å². The van der Waals surface area contributed by atoms with Crippen molar-refractivity contribution in [1.29, 1.82) is 0 Å². The molecule has 0 saturated heterocycles. The van der Waals surface area contributed by atoms with Gasteiger partial charge in [0.05, 0.1) is 0 Å². The van der Waals surface area contributed by atoms with E-state index in [1.807, 2.05) is 0 Å². The molecule has 15 heavy (non-hydrogen) atoms. The molecule has 0 bridgehead atoms. The largest absolute Gasteiger partial charge is 0.352 e. The minimum Gasteiger partial charge on any atom is -0.352 e. The van der Waals surface area contributed by atoms with Crippen molar-refractivity contribution in [3.63, 3.8) is 0 Å². The van der Waals surface area contributed by atoms with Gasteiger partial charge in [0.15, 0.2) is 0 Å². The summed E-state index contributed by atoms with van der Waals surface area (Å²) in [6, 6.07) is 6.83. The normalized spacial score (nSPS) is 10.0. The van der Waals surface area contributed by atoms with Gasteiger partial charge in [-0.2, -0.15) is 0 Å². The Morgan fingerprint density at radius 2 is 1.93 bits per heavy atom. The summed E-state index contributed by atoms with van der Waals surface area (Å²) < 4.78 is 0. The summed E-state index contributed by atoms with van der Waals surface area (Å²) in [6.07, 6.45) is 1.84. The topological polar surface area (TPSA) is 55.1 Å². The monoisotopic (exact) mass is 226 g/mol. The first kappa shape index (κ1) is 12.0. The fraction of sp³-hybridized carbons (Fsp3) is 0.364. The van der Waals surface area contributed by atoms with Crippen LogP contribution < -0.4 is 11.1 Å². The zero-order valence-electron chi connectivity index (χ0n) is 8.50. The Balaban J connectivity index is 2.37. The summed E-state index contributed by atoms with van der Waals surface area (Å²) in [6.45, 7) is 1.33. The molecule has 82 valence electrons. The van der Waals surface area contributed by atoms with Crippen LogP contribution in [0.2, 0.25) is 5.02 Å². The van der Waals surface area contributed by atoms with Gasteiger partial charge in [-0.1, -0.05) is 11.6 Å². The Morgan fingerprint density at radius 1 is 1.27 bits per heavy atom. The molecule has 0 fully saturated rings. The van der Waals surface area contributed by atoms with Crippen LogP contribution in [-0.2, 0) is 0 Å². The van der Waals surface area contributed by atoms with Crippen LogP contribution >= 0.6 is 11.6 Å². The molecule has 0 spiro atoms. The summed E-state index contributed by atoms with van der Waals surface area (Å²) in [5.41, 5.74) is 5.98. The van der Waals surface area contributed by atoms with Gasteiger partial charge in [-0.25, -0.2) is 0 Å². The molecule has 1 aromatic rings. The SMILES string of the molecule is NCCCCNC(=O)c1ccc(Cl)cc1. The summed E-state index contributed by atoms with van der Waals surface area (Å²) in [7, 11) is 0. The number of carbonyl (C=O) groups is 1. The molecular formula is C11H15ClN2O. The van der Waals surface area contributed by atoms with E-state index in [0.717, 1.165) is 12.8 Å². The molecule has 0 heterocycles. The molecule has 1 rings (SSSR count). The zero-order valence-corrected chi connectivity index (χ0v) is 9.26. The molecule has 0 aromatic heterocycles. The fourth-order valence-corrected chi connectivity index (χ4v) is 1.30. The van der Waals surface area contributed by atoms with Gasteiger partial charge in [0, 0.05) is 17.1 Å². The van der Waals surface area contributed by atoms with E-state index in [4.69, 9.17) is 17.3 Å². The van der Waals surface area contributed by atoms with E-state index < -0.39 is 0 Å². The Morgan fingerprint density at radius 3 is 2.53 bits per heavy atom. The first-order chi connectivity index (χ1) is 7.24. The molecule has 0 aliphatic rings. The lowest BCUT2D eigenvalue weighted by Gasteiger charge is -2.04. The summed E-state index contributed by atoms with van der Waals surface area (Å²) in [4.78, 5) is 11.5. The highest BCUT2D eigenvalue weighted by molar-refractivity contribution is 6.30. The maximum Gasteiger partial charge on any atom is 0.251 e. The highest BCUT2D eigenvalue weighted by Gasteiger charge is 2.03. The number of benzene rings is 1. The number of hydrogen-bond acceptors (Lipinski definition) is 2. The Bertz CT molecular complexity index is 311. The molecule has 0 saturated carbocycles. The highest BCUT2D eigenvalue weighted by atomic mass is 35.5. The van der Waals surface area contributed by atoms with Crippen LogP contribution in [0.25, 0.3) is 0 Å². The van der Waals surface area contributed by atoms with Gasteiger partial charge in [-0.05, 0) is 43.7 Å². The van der Waals surface area contributed by atoms with Crippen molar-refractivity contribution < 1.29 is 4.79 Å². The van der Waals surface area contributed by atoms with Gasteiger partial charge >= 0.3 is 0 Å². The number of halogens is 1. The number of hydrogen-bond donors (Lipinski definition) is 2. The molecule has 3 nitrogen and oxygen atoms in total. The van der Waals surface area contributed by atoms with Gasteiger partial charge in [-0.15, -0.1) is 0 Å². The molecule has 1 aromatic carbocycles. The van der Waals surface area contributed by atoms with Gasteiger partial charge in [0.25, 0.3) is 5.91 Å². The van der Waals surface area contributed by atoms with E-state index in [-0.39, 0.29) is 5.91 Å². The fourth-order valence-electron chi connectivity index (χ4n) is 1.17. The van der Waals surface area contributed by atoms with Crippen LogP contribution in [0.3, 0.4) is 0 Å². The minimum atomic E-state index is -0.0660. The summed E-state index contributed by atoms with van der Waals surface area (Å²) in [5, 5.41) is 3.45. The predicted molar refractivity (Wildman–Crippen MR) is 62.1 cm³/mol. The second-order valence-electron chi connectivity index (χ2n) is 3.26. The predicted octanol–water partition coefficient (Wildman–Crippen LogP) is 1.81. The van der Waals surface area contributed by atoms with Gasteiger partial charge in [0.1, 0.15) is 0 Å². The molecule has 0 atom stereocenters. The van der Waals surface area contributed by atoms with Gasteiger partial charge in [0.2, 0.25) is 0 Å². The van der Waals surface area contributed by atoms with E-state index in [9.17, 15) is 4.79 Å². The number of unbranched alkanes of at least 4 members (excludes halogenated alkanes) is 1. The Hall–Kier alpha value is -1.06. The van der Waals surface area contributed by atoms with E-state index in [0.29, 0.717) is 23.7 Å². The summed E-state index contributed by atoms with van der Waals surface area (Å²) >= 11 is 5.72. The zero-order chi connectivity index (χ0) is 11.1. The molecule has 4 heteroatoms. The standard InChI is InChI=1S/C11H15ClN2O/c12-10-5-3-9(4-6-10)11(15)14-8-2-1-7-13/h3-6H,1-2,7-8,13H2,(H,14,15). The molecule has 0 aliphatic carbocycles. The first-order valence-corrected chi connectivity index (χ1v) is 5.35. The summed E-state index contributed by atoms with van der Waals surface area (Å²) in [5.74, 6) is -0.0660. The third-order valence-electron chi connectivity index (χ3n) is 2.02. The molecule has 0 unspecified atom stereocenters. The van der Waals surface area contributed by atoms with Crippen molar-refractivity contribution in [1.82, 2.24) is 5.32 Å². The smallest absolute Gasteiger partial charge is 0.251 e. The van der Waals surface area contributed by atoms with Crippen LogP contribution in [0, 0.1) is 0 Å². The quantitative estimate of drug-likeness (QED) is 0.753. The Kier molecular flexibility index (Phi) is 5.15. The van der Waals surface area contributed by atoms with Crippen molar-refractivity contribution in [3.8, 4) is 0 Å². The van der Waals surface area contributed by atoms with E-state index in [2.05, 4.69) is 5.32 Å². The number of nitrogens with one attached hydrogen (secondary N) is 1. The molecule has 1 amide bonds. The van der Waals surface area contributed by atoms with E-state index in [1.54, 1.807) is 24.3 Å². The van der Waals surface area contributed by atoms with Crippen LogP contribution in [-0.4, -0.2) is 19.0 Å². The first-order valence-electron chi connectivity index (χ1n) is 4.98. The number of rotatable bonds is 5. The molecule has 3 N–H and O–H groups in total. The lowest BCUT2D eigenvalue weighted by Crippen LogP contribution is -2.24. The van der Waals surface area contributed by atoms with Crippen LogP contribution in [0.1, 0.15) is 23.2 Å². The lowest BCUT2D eigenvalue weighted by molar-refractivity contribution is 0.0953. The highest BCUT2D eigenvalue weighted by Crippen LogP contribution is 2.09. The van der Waals surface area contributed by atoms with Crippen molar-refractivity contribution in [3.05, 3.63) is 34.9 Å². The average Bonchev–Trinajstić information content (AvgIpc) is 2.25. The van der Waals surface area contributed by atoms with Crippen LogP contribution in [0.15, 0.2) is 24.3 Å². The van der Waals surface area contributed by atoms with Crippen molar-refractivity contribution in [2.24, 2.45) is 5.73 Å². The maximum atomic E-state index is 11.5. The van der Waals surface area contributed by atoms with Gasteiger partial charge < -0.3 is 11.1 Å². The maximum absolute atomic E-state index is 11.5. The Labute approximate surface area is 94.6 Å². The number of amides is 1. The second kappa shape index (κ2) is 6.43. The second-order valence-corrected chi connectivity index (χ2v) is 3.70. The molecular weight excluding hydrogens is 212 g/mol. The van der Waals surface area contributed by atoms with E-state index >= 15 is 0 Å². The number of nitrogens with two attached hydrogens (primary N) is 1. The van der Waals surface area contributed by atoms with Gasteiger partial charge in [-0.3, -0.25) is 4.79 Å². The van der Waals surface area contributed by atoms with Crippen molar-refractivity contribution in [2.45, 2.75) is 12.8 Å². The van der Waals surface area contributed by atoms with Crippen molar-refractivity contribution in [2.75, 3.05) is 13.1 Å². The van der Waals surface area contributed by atoms with E-state index in [1.165, 1.54) is 0 Å². The average molecular weight is 227 g/mol.